The van der Waals surface area contributed by atoms with Crippen LogP contribution >= 0.6 is 0 Å². The average molecular weight is 306 g/mol. The number of amides is 1. The van der Waals surface area contributed by atoms with E-state index >= 15 is 0 Å². The van der Waals surface area contributed by atoms with Crippen molar-refractivity contribution in [2.24, 2.45) is 12.8 Å². The van der Waals surface area contributed by atoms with Crippen LogP contribution in [0.2, 0.25) is 0 Å². The predicted octanol–water partition coefficient (Wildman–Crippen LogP) is 1.21. The number of aryl methyl sites for hydroxylation is 2. The third kappa shape index (κ3) is 2.54. The van der Waals surface area contributed by atoms with Gasteiger partial charge in [0.1, 0.15) is 6.10 Å². The van der Waals surface area contributed by atoms with Gasteiger partial charge in [-0.2, -0.15) is 5.10 Å². The molecular formula is C16H26N4O2. The van der Waals surface area contributed by atoms with E-state index in [-0.39, 0.29) is 24.2 Å². The topological polar surface area (TPSA) is 73.4 Å². The van der Waals surface area contributed by atoms with Crippen LogP contribution in [0.1, 0.15) is 48.7 Å². The minimum absolute atomic E-state index is 0.0388. The second-order valence-electron chi connectivity index (χ2n) is 6.46. The summed E-state index contributed by atoms with van der Waals surface area (Å²) in [6.07, 6.45) is 3.44. The molecule has 0 bridgehead atoms. The molecule has 2 fully saturated rings. The predicted molar refractivity (Wildman–Crippen MR) is 83.3 cm³/mol. The molecule has 1 aromatic heterocycles. The number of carbonyl (C=O) groups is 1. The number of hydrogen-bond donors (Lipinski definition) is 1. The van der Waals surface area contributed by atoms with Gasteiger partial charge in [-0.05, 0) is 39.5 Å². The van der Waals surface area contributed by atoms with Gasteiger partial charge in [0.15, 0.2) is 0 Å². The van der Waals surface area contributed by atoms with Crippen molar-refractivity contribution in [2.75, 3.05) is 13.1 Å². The number of rotatable bonds is 3. The number of nitrogens with zero attached hydrogens (tertiary/aromatic N) is 3. The first-order valence-electron chi connectivity index (χ1n) is 8.19. The zero-order valence-electron chi connectivity index (χ0n) is 13.7. The van der Waals surface area contributed by atoms with Gasteiger partial charge in [-0.25, -0.2) is 0 Å². The maximum Gasteiger partial charge on any atom is 0.252 e. The maximum atomic E-state index is 12.9. The molecule has 2 aliphatic heterocycles. The van der Waals surface area contributed by atoms with Crippen molar-refractivity contribution in [3.63, 3.8) is 0 Å². The van der Waals surface area contributed by atoms with Crippen LogP contribution in [0, 0.1) is 13.8 Å². The van der Waals surface area contributed by atoms with Gasteiger partial charge < -0.3 is 15.4 Å². The highest BCUT2D eigenvalue weighted by atomic mass is 16.5. The Bertz CT molecular complexity index is 569. The van der Waals surface area contributed by atoms with Crippen LogP contribution in [0.3, 0.4) is 0 Å². The van der Waals surface area contributed by atoms with E-state index in [1.807, 2.05) is 23.6 Å². The number of likely N-dealkylation sites (tertiary alicyclic amines) is 1. The fourth-order valence-corrected chi connectivity index (χ4v) is 3.85. The SMILES string of the molecule is Cc1nn(C)c(C)c1C1CCCN1C(=O)[C@@H]1CC[C@H](CN)O1. The third-order valence-corrected chi connectivity index (χ3v) is 5.08. The lowest BCUT2D eigenvalue weighted by Crippen LogP contribution is -2.39. The van der Waals surface area contributed by atoms with E-state index < -0.39 is 0 Å². The molecule has 1 aromatic rings. The Labute approximate surface area is 131 Å². The molecule has 0 saturated carbocycles. The van der Waals surface area contributed by atoms with Gasteiger partial charge in [-0.15, -0.1) is 0 Å². The minimum Gasteiger partial charge on any atom is -0.364 e. The molecule has 1 amide bonds. The molecule has 22 heavy (non-hydrogen) atoms. The van der Waals surface area contributed by atoms with Gasteiger partial charge in [0.25, 0.3) is 5.91 Å². The van der Waals surface area contributed by atoms with Crippen LogP contribution in [-0.2, 0) is 16.6 Å². The van der Waals surface area contributed by atoms with Crippen molar-refractivity contribution >= 4 is 5.91 Å². The first-order valence-corrected chi connectivity index (χ1v) is 8.19. The molecule has 2 aliphatic rings. The molecule has 3 atom stereocenters. The standard InChI is InChI=1S/C16H26N4O2/c1-10-15(11(2)19(3)18-10)13-5-4-8-20(13)16(21)14-7-6-12(9-17)22-14/h12-14H,4-9,17H2,1-3H3/t12-,13?,14+/m1/s1. The molecule has 122 valence electrons. The van der Waals surface area contributed by atoms with E-state index in [1.165, 1.54) is 5.56 Å². The van der Waals surface area contributed by atoms with Crippen molar-refractivity contribution in [1.82, 2.24) is 14.7 Å². The Hall–Kier alpha value is -1.40. The molecule has 2 N–H and O–H groups in total. The summed E-state index contributed by atoms with van der Waals surface area (Å²) in [5.41, 5.74) is 9.03. The Morgan fingerprint density at radius 2 is 2.14 bits per heavy atom. The Morgan fingerprint density at radius 3 is 2.73 bits per heavy atom. The molecule has 6 nitrogen and oxygen atoms in total. The van der Waals surface area contributed by atoms with Gasteiger partial charge in [-0.3, -0.25) is 9.48 Å². The molecule has 0 radical (unpaired) electrons. The monoisotopic (exact) mass is 306 g/mol. The number of nitrogens with two attached hydrogens (primary N) is 1. The first kappa shape index (κ1) is 15.5. The summed E-state index contributed by atoms with van der Waals surface area (Å²) in [7, 11) is 1.96. The van der Waals surface area contributed by atoms with Gasteiger partial charge in [0.2, 0.25) is 0 Å². The molecule has 0 aromatic carbocycles. The maximum absolute atomic E-state index is 12.9. The van der Waals surface area contributed by atoms with Crippen LogP contribution in [0.25, 0.3) is 0 Å². The summed E-state index contributed by atoms with van der Waals surface area (Å²) < 4.78 is 7.70. The summed E-state index contributed by atoms with van der Waals surface area (Å²) in [6, 6.07) is 0.140. The van der Waals surface area contributed by atoms with Gasteiger partial charge in [0, 0.05) is 31.4 Å². The molecular weight excluding hydrogens is 280 g/mol. The van der Waals surface area contributed by atoms with E-state index in [0.717, 1.165) is 43.6 Å². The number of carbonyl (C=O) groups excluding carboxylic acids is 1. The van der Waals surface area contributed by atoms with Crippen LogP contribution in [-0.4, -0.2) is 45.9 Å². The highest BCUT2D eigenvalue weighted by Gasteiger charge is 2.39. The van der Waals surface area contributed by atoms with Crippen LogP contribution in [0.15, 0.2) is 0 Å². The molecule has 0 aliphatic carbocycles. The Kier molecular flexibility index (Phi) is 4.23. The summed E-state index contributed by atoms with van der Waals surface area (Å²) in [5, 5.41) is 4.50. The second-order valence-corrected chi connectivity index (χ2v) is 6.46. The zero-order chi connectivity index (χ0) is 15.9. The summed E-state index contributed by atoms with van der Waals surface area (Å²) >= 11 is 0. The molecule has 6 heteroatoms. The van der Waals surface area contributed by atoms with E-state index in [1.54, 1.807) is 0 Å². The van der Waals surface area contributed by atoms with Crippen molar-refractivity contribution in [3.8, 4) is 0 Å². The molecule has 3 rings (SSSR count). The summed E-state index contributed by atoms with van der Waals surface area (Å²) in [4.78, 5) is 14.9. The lowest BCUT2D eigenvalue weighted by molar-refractivity contribution is -0.143. The van der Waals surface area contributed by atoms with Crippen molar-refractivity contribution < 1.29 is 9.53 Å². The van der Waals surface area contributed by atoms with E-state index in [2.05, 4.69) is 12.0 Å². The zero-order valence-corrected chi connectivity index (χ0v) is 13.7. The highest BCUT2D eigenvalue weighted by Crippen LogP contribution is 2.37. The summed E-state index contributed by atoms with van der Waals surface area (Å²) in [5.74, 6) is 0.126. The van der Waals surface area contributed by atoms with Gasteiger partial charge in [-0.1, -0.05) is 0 Å². The smallest absolute Gasteiger partial charge is 0.252 e. The number of aromatic nitrogens is 2. The highest BCUT2D eigenvalue weighted by molar-refractivity contribution is 5.82. The van der Waals surface area contributed by atoms with Crippen LogP contribution < -0.4 is 5.73 Å². The average Bonchev–Trinajstić information content (AvgIpc) is 3.19. The van der Waals surface area contributed by atoms with E-state index in [0.29, 0.717) is 6.54 Å². The Balaban J connectivity index is 1.80. The van der Waals surface area contributed by atoms with Gasteiger partial charge >= 0.3 is 0 Å². The van der Waals surface area contributed by atoms with Crippen molar-refractivity contribution in [2.45, 2.75) is 57.8 Å². The lowest BCUT2D eigenvalue weighted by atomic mass is 10.0. The minimum atomic E-state index is -0.313. The largest absolute Gasteiger partial charge is 0.364 e. The molecule has 0 spiro atoms. The third-order valence-electron chi connectivity index (χ3n) is 5.08. The second kappa shape index (κ2) is 6.01. The van der Waals surface area contributed by atoms with Crippen LogP contribution in [0.5, 0.6) is 0 Å². The summed E-state index contributed by atoms with van der Waals surface area (Å²) in [6.45, 7) is 5.41. The Morgan fingerprint density at radius 1 is 1.36 bits per heavy atom. The van der Waals surface area contributed by atoms with E-state index in [9.17, 15) is 4.79 Å². The molecule has 2 saturated heterocycles. The quantitative estimate of drug-likeness (QED) is 0.911. The van der Waals surface area contributed by atoms with Crippen molar-refractivity contribution in [1.29, 1.82) is 0 Å². The molecule has 3 heterocycles. The number of hydrogen-bond acceptors (Lipinski definition) is 4. The fourth-order valence-electron chi connectivity index (χ4n) is 3.85. The van der Waals surface area contributed by atoms with Gasteiger partial charge in [0.05, 0.1) is 17.8 Å². The number of ether oxygens (including phenoxy) is 1. The fraction of sp³-hybridized carbons (Fsp3) is 0.750. The lowest BCUT2D eigenvalue weighted by Gasteiger charge is -2.28. The normalized spacial score (nSPS) is 28.5. The first-order chi connectivity index (χ1) is 10.5. The van der Waals surface area contributed by atoms with Crippen molar-refractivity contribution in [3.05, 3.63) is 17.0 Å². The van der Waals surface area contributed by atoms with E-state index in [4.69, 9.17) is 10.5 Å². The van der Waals surface area contributed by atoms with Crippen LogP contribution in [0.4, 0.5) is 0 Å². The molecule has 1 unspecified atom stereocenters.